The monoisotopic (exact) mass is 348 g/mol. The summed E-state index contributed by atoms with van der Waals surface area (Å²) in [5, 5.41) is 3.45. The average Bonchev–Trinajstić information content (AvgIpc) is 3.03. The molecule has 1 fully saturated rings. The van der Waals surface area contributed by atoms with Crippen LogP contribution in [-0.2, 0) is 6.54 Å². The summed E-state index contributed by atoms with van der Waals surface area (Å²) in [4.78, 5) is 41.5. The summed E-state index contributed by atoms with van der Waals surface area (Å²) in [5.41, 5.74) is 0.446. The maximum Gasteiger partial charge on any atom is 0.325 e. The van der Waals surface area contributed by atoms with Gasteiger partial charge in [-0.15, -0.1) is 0 Å². The molecule has 126 valence electrons. The van der Waals surface area contributed by atoms with Crippen LogP contribution in [0.15, 0.2) is 39.9 Å². The van der Waals surface area contributed by atoms with Gasteiger partial charge >= 0.3 is 11.7 Å². The van der Waals surface area contributed by atoms with E-state index in [0.29, 0.717) is 36.8 Å². The second kappa shape index (κ2) is 6.92. The molecule has 8 heteroatoms. The van der Waals surface area contributed by atoms with Crippen LogP contribution >= 0.6 is 11.6 Å². The molecule has 1 aromatic heterocycles. The van der Waals surface area contributed by atoms with Crippen LogP contribution < -0.4 is 16.6 Å². The second-order valence-electron chi connectivity index (χ2n) is 5.72. The predicted molar refractivity (Wildman–Crippen MR) is 90.3 cm³/mol. The van der Waals surface area contributed by atoms with E-state index in [1.807, 2.05) is 18.2 Å². The molecule has 1 saturated heterocycles. The fourth-order valence-corrected chi connectivity index (χ4v) is 3.03. The van der Waals surface area contributed by atoms with Crippen molar-refractivity contribution in [1.29, 1.82) is 0 Å². The van der Waals surface area contributed by atoms with Gasteiger partial charge in [0.25, 0.3) is 5.56 Å². The molecule has 1 aliphatic heterocycles. The number of nitrogens with zero attached hydrogens (tertiary/aromatic N) is 1. The van der Waals surface area contributed by atoms with Gasteiger partial charge in [-0.05, 0) is 18.1 Å². The smallest absolute Gasteiger partial charge is 0.325 e. The number of carbonyl (C=O) groups excluding carboxylic acids is 1. The second-order valence-corrected chi connectivity index (χ2v) is 6.13. The zero-order chi connectivity index (χ0) is 17.1. The minimum absolute atomic E-state index is 0.0499. The maximum absolute atomic E-state index is 12.3. The van der Waals surface area contributed by atoms with Gasteiger partial charge in [0.2, 0.25) is 0 Å². The Morgan fingerprint density at radius 2 is 2.08 bits per heavy atom. The summed E-state index contributed by atoms with van der Waals surface area (Å²) in [6, 6.07) is 8.51. The number of H-pyrrole nitrogens is 2. The van der Waals surface area contributed by atoms with E-state index in [1.54, 1.807) is 11.0 Å². The lowest BCUT2D eigenvalue weighted by atomic mass is 10.1. The molecule has 1 aliphatic rings. The Labute approximate surface area is 142 Å². The number of amides is 2. The SMILES string of the molecule is O=C(NCc1ccccc1Cl)N1CCC(c2cc(=O)[nH]c(=O)[nH]2)C1. The fraction of sp³-hybridized carbons (Fsp3) is 0.312. The molecule has 7 nitrogen and oxygen atoms in total. The Morgan fingerprint density at radius 3 is 2.83 bits per heavy atom. The highest BCUT2D eigenvalue weighted by molar-refractivity contribution is 6.31. The summed E-state index contributed by atoms with van der Waals surface area (Å²) < 4.78 is 0. The van der Waals surface area contributed by atoms with Gasteiger partial charge < -0.3 is 15.2 Å². The van der Waals surface area contributed by atoms with Crippen LogP contribution in [0.5, 0.6) is 0 Å². The van der Waals surface area contributed by atoms with Crippen molar-refractivity contribution in [2.45, 2.75) is 18.9 Å². The van der Waals surface area contributed by atoms with Gasteiger partial charge in [0.05, 0.1) is 0 Å². The highest BCUT2D eigenvalue weighted by atomic mass is 35.5. The third-order valence-corrected chi connectivity index (χ3v) is 4.45. The van der Waals surface area contributed by atoms with Crippen LogP contribution in [0.4, 0.5) is 4.79 Å². The third kappa shape index (κ3) is 3.68. The molecule has 2 heterocycles. The minimum atomic E-state index is -0.529. The maximum atomic E-state index is 12.3. The number of likely N-dealkylation sites (tertiary alicyclic amines) is 1. The minimum Gasteiger partial charge on any atom is -0.334 e. The average molecular weight is 349 g/mol. The number of rotatable bonds is 3. The molecule has 0 spiro atoms. The molecule has 0 saturated carbocycles. The van der Waals surface area contributed by atoms with Crippen LogP contribution in [0.25, 0.3) is 0 Å². The van der Waals surface area contributed by atoms with Crippen LogP contribution in [0.3, 0.4) is 0 Å². The molecule has 2 amide bonds. The Bertz CT molecular complexity index is 832. The lowest BCUT2D eigenvalue weighted by Gasteiger charge is -2.17. The van der Waals surface area contributed by atoms with Crippen LogP contribution in [0.2, 0.25) is 5.02 Å². The van der Waals surface area contributed by atoms with Gasteiger partial charge in [0, 0.05) is 42.3 Å². The largest absolute Gasteiger partial charge is 0.334 e. The predicted octanol–water partition coefficient (Wildman–Crippen LogP) is 1.42. The quantitative estimate of drug-likeness (QED) is 0.782. The summed E-state index contributed by atoms with van der Waals surface area (Å²) in [6.07, 6.45) is 0.693. The van der Waals surface area contributed by atoms with E-state index >= 15 is 0 Å². The van der Waals surface area contributed by atoms with Crippen LogP contribution in [-0.4, -0.2) is 34.0 Å². The van der Waals surface area contributed by atoms with Crippen LogP contribution in [0, 0.1) is 0 Å². The number of carbonyl (C=O) groups is 1. The molecule has 3 rings (SSSR count). The lowest BCUT2D eigenvalue weighted by molar-refractivity contribution is 0.207. The zero-order valence-electron chi connectivity index (χ0n) is 12.8. The molecule has 24 heavy (non-hydrogen) atoms. The van der Waals surface area contributed by atoms with Crippen molar-refractivity contribution < 1.29 is 4.79 Å². The van der Waals surface area contributed by atoms with E-state index in [-0.39, 0.29) is 11.9 Å². The molecule has 0 aliphatic carbocycles. The molecule has 0 bridgehead atoms. The molecule has 3 N–H and O–H groups in total. The van der Waals surface area contributed by atoms with Gasteiger partial charge in [-0.2, -0.15) is 0 Å². The van der Waals surface area contributed by atoms with Gasteiger partial charge in [-0.3, -0.25) is 9.78 Å². The first-order valence-electron chi connectivity index (χ1n) is 7.62. The normalized spacial score (nSPS) is 17.0. The van der Waals surface area contributed by atoms with Crippen molar-refractivity contribution in [3.05, 3.63) is 67.4 Å². The molecule has 2 aromatic rings. The van der Waals surface area contributed by atoms with E-state index in [9.17, 15) is 14.4 Å². The van der Waals surface area contributed by atoms with Crippen molar-refractivity contribution in [2.24, 2.45) is 0 Å². The Kier molecular flexibility index (Phi) is 4.71. The van der Waals surface area contributed by atoms with Gasteiger partial charge in [0.1, 0.15) is 0 Å². The highest BCUT2D eigenvalue weighted by Gasteiger charge is 2.28. The summed E-state index contributed by atoms with van der Waals surface area (Å²) in [7, 11) is 0. The van der Waals surface area contributed by atoms with E-state index < -0.39 is 11.2 Å². The molecular weight excluding hydrogens is 332 g/mol. The van der Waals surface area contributed by atoms with E-state index in [4.69, 9.17) is 11.6 Å². The first kappa shape index (κ1) is 16.3. The van der Waals surface area contributed by atoms with Gasteiger partial charge in [0.15, 0.2) is 0 Å². The summed E-state index contributed by atoms with van der Waals surface area (Å²) >= 11 is 6.07. The Hall–Kier alpha value is -2.54. The number of nitrogens with one attached hydrogen (secondary N) is 3. The zero-order valence-corrected chi connectivity index (χ0v) is 13.6. The highest BCUT2D eigenvalue weighted by Crippen LogP contribution is 2.24. The van der Waals surface area contributed by atoms with Gasteiger partial charge in [-0.1, -0.05) is 29.8 Å². The first-order valence-corrected chi connectivity index (χ1v) is 8.00. The number of aromatic nitrogens is 2. The number of urea groups is 1. The number of benzene rings is 1. The molecule has 0 radical (unpaired) electrons. The molecule has 1 unspecified atom stereocenters. The van der Waals surface area contributed by atoms with Crippen molar-refractivity contribution in [3.63, 3.8) is 0 Å². The van der Waals surface area contributed by atoms with Crippen molar-refractivity contribution in [1.82, 2.24) is 20.2 Å². The fourth-order valence-electron chi connectivity index (χ4n) is 2.83. The van der Waals surface area contributed by atoms with Gasteiger partial charge in [-0.25, -0.2) is 9.59 Å². The topological polar surface area (TPSA) is 98.1 Å². The summed E-state index contributed by atoms with van der Waals surface area (Å²) in [6.45, 7) is 1.36. The van der Waals surface area contributed by atoms with Crippen molar-refractivity contribution in [2.75, 3.05) is 13.1 Å². The van der Waals surface area contributed by atoms with E-state index in [2.05, 4.69) is 15.3 Å². The third-order valence-electron chi connectivity index (χ3n) is 4.08. The number of hydrogen-bond donors (Lipinski definition) is 3. The Balaban J connectivity index is 1.61. The summed E-state index contributed by atoms with van der Waals surface area (Å²) in [5.74, 6) is -0.0499. The number of aromatic amines is 2. The number of halogens is 1. The van der Waals surface area contributed by atoms with Crippen molar-refractivity contribution >= 4 is 17.6 Å². The van der Waals surface area contributed by atoms with E-state index in [1.165, 1.54) is 6.07 Å². The van der Waals surface area contributed by atoms with E-state index in [0.717, 1.165) is 5.56 Å². The lowest BCUT2D eigenvalue weighted by Crippen LogP contribution is -2.38. The number of hydrogen-bond acceptors (Lipinski definition) is 3. The molecule has 1 atom stereocenters. The Morgan fingerprint density at radius 1 is 1.29 bits per heavy atom. The van der Waals surface area contributed by atoms with Crippen molar-refractivity contribution in [3.8, 4) is 0 Å². The molecular formula is C16H17ClN4O3. The standard InChI is InChI=1S/C16H17ClN4O3/c17-12-4-2-1-3-10(12)8-18-16(24)21-6-5-11(9-21)13-7-14(22)20-15(23)19-13/h1-4,7,11H,5-6,8-9H2,(H,18,24)(H2,19,20,22,23). The van der Waals surface area contributed by atoms with Crippen LogP contribution in [0.1, 0.15) is 23.6 Å². The molecule has 1 aromatic carbocycles. The first-order chi connectivity index (χ1) is 11.5.